The fourth-order valence-electron chi connectivity index (χ4n) is 2.62. The van der Waals surface area contributed by atoms with E-state index in [1.165, 1.54) is 7.11 Å². The number of fused-ring (bicyclic) bond motifs is 1. The van der Waals surface area contributed by atoms with E-state index in [1.807, 2.05) is 50.2 Å². The van der Waals surface area contributed by atoms with Crippen molar-refractivity contribution >= 4 is 16.9 Å². The lowest BCUT2D eigenvalue weighted by Gasteiger charge is -2.15. The molecule has 5 heteroatoms. The molecule has 0 saturated carbocycles. The lowest BCUT2D eigenvalue weighted by molar-refractivity contribution is 0.0599. The average Bonchev–Trinajstić information content (AvgIpc) is 2.71. The third-order valence-corrected chi connectivity index (χ3v) is 4.26. The number of ether oxygens (including phenoxy) is 3. The Morgan fingerprint density at radius 3 is 2.63 bits per heavy atom. The van der Waals surface area contributed by atoms with Gasteiger partial charge in [-0.3, -0.25) is 0 Å². The van der Waals surface area contributed by atoms with Crippen LogP contribution in [0.25, 0.3) is 10.9 Å². The maximum atomic E-state index is 11.9. The molecular formula is C22H23NO4. The smallest absolute Gasteiger partial charge is 0.338 e. The van der Waals surface area contributed by atoms with Crippen molar-refractivity contribution < 1.29 is 19.0 Å². The van der Waals surface area contributed by atoms with Crippen molar-refractivity contribution in [1.82, 2.24) is 4.98 Å². The number of aromatic nitrogens is 1. The van der Waals surface area contributed by atoms with Crippen LogP contribution in [0.3, 0.4) is 0 Å². The van der Waals surface area contributed by atoms with Gasteiger partial charge in [-0.2, -0.15) is 0 Å². The van der Waals surface area contributed by atoms with Crippen LogP contribution in [0.4, 0.5) is 0 Å². The van der Waals surface area contributed by atoms with Crippen LogP contribution in [0.1, 0.15) is 36.3 Å². The van der Waals surface area contributed by atoms with E-state index < -0.39 is 5.97 Å². The molecule has 0 saturated heterocycles. The second kappa shape index (κ2) is 8.54. The van der Waals surface area contributed by atoms with E-state index in [-0.39, 0.29) is 12.7 Å². The first-order valence-electron chi connectivity index (χ1n) is 8.96. The second-order valence-corrected chi connectivity index (χ2v) is 6.31. The molecule has 3 rings (SSSR count). The highest BCUT2D eigenvalue weighted by Crippen LogP contribution is 2.26. The number of methoxy groups -OCH3 is 1. The number of carbonyl (C=O) groups is 1. The Hall–Kier alpha value is -3.08. The van der Waals surface area contributed by atoms with Crippen LogP contribution in [0.5, 0.6) is 11.5 Å². The molecule has 3 aromatic rings. The fraction of sp³-hybridized carbons (Fsp3) is 0.273. The topological polar surface area (TPSA) is 57.7 Å². The predicted molar refractivity (Wildman–Crippen MR) is 104 cm³/mol. The monoisotopic (exact) mass is 365 g/mol. The Bertz CT molecular complexity index is 938. The van der Waals surface area contributed by atoms with E-state index >= 15 is 0 Å². The number of hydrogen-bond donors (Lipinski definition) is 0. The molecule has 1 atom stereocenters. The van der Waals surface area contributed by atoms with Crippen molar-refractivity contribution in [2.24, 2.45) is 0 Å². The predicted octanol–water partition coefficient (Wildman–Crippen LogP) is 4.78. The molecule has 0 amide bonds. The number of carbonyl (C=O) groups excluding carboxylic acids is 1. The van der Waals surface area contributed by atoms with E-state index in [4.69, 9.17) is 14.2 Å². The molecule has 0 aliphatic rings. The summed E-state index contributed by atoms with van der Waals surface area (Å²) < 4.78 is 16.6. The Balaban J connectivity index is 1.81. The first kappa shape index (κ1) is 18.7. The van der Waals surface area contributed by atoms with Gasteiger partial charge in [0.1, 0.15) is 18.1 Å². The molecule has 0 N–H and O–H groups in total. The Labute approximate surface area is 158 Å². The van der Waals surface area contributed by atoms with Gasteiger partial charge in [0.15, 0.2) is 0 Å². The standard InChI is InChI=1S/C22H23NO4/c1-4-15(2)27-20-12-17(22(24)25-3)11-19(13-20)26-14-18-10-9-16-7-5-6-8-21(16)23-18/h5-13,15H,4,14H2,1-3H3. The van der Waals surface area contributed by atoms with Gasteiger partial charge in [0.2, 0.25) is 0 Å². The summed E-state index contributed by atoms with van der Waals surface area (Å²) in [7, 11) is 1.35. The van der Waals surface area contributed by atoms with Gasteiger partial charge in [-0.1, -0.05) is 31.2 Å². The van der Waals surface area contributed by atoms with Gasteiger partial charge in [-0.15, -0.1) is 0 Å². The van der Waals surface area contributed by atoms with Gasteiger partial charge in [0.05, 0.1) is 30.0 Å². The summed E-state index contributed by atoms with van der Waals surface area (Å²) in [5, 5.41) is 1.08. The minimum absolute atomic E-state index is 0.0351. The average molecular weight is 365 g/mol. The minimum atomic E-state index is -0.432. The molecule has 0 aliphatic carbocycles. The number of benzene rings is 2. The molecule has 0 radical (unpaired) electrons. The highest BCUT2D eigenvalue weighted by atomic mass is 16.5. The molecule has 1 aromatic heterocycles. The van der Waals surface area contributed by atoms with Crippen molar-refractivity contribution in [2.75, 3.05) is 7.11 Å². The van der Waals surface area contributed by atoms with E-state index in [1.54, 1.807) is 18.2 Å². The summed E-state index contributed by atoms with van der Waals surface area (Å²) >= 11 is 0. The van der Waals surface area contributed by atoms with Gasteiger partial charge < -0.3 is 14.2 Å². The van der Waals surface area contributed by atoms with Crippen molar-refractivity contribution in [3.63, 3.8) is 0 Å². The van der Waals surface area contributed by atoms with Gasteiger partial charge in [-0.25, -0.2) is 9.78 Å². The lowest BCUT2D eigenvalue weighted by atomic mass is 10.2. The molecule has 0 fully saturated rings. The van der Waals surface area contributed by atoms with Crippen LogP contribution in [-0.2, 0) is 11.3 Å². The van der Waals surface area contributed by atoms with Crippen molar-refractivity contribution in [3.05, 3.63) is 65.9 Å². The molecule has 0 spiro atoms. The zero-order valence-corrected chi connectivity index (χ0v) is 15.8. The maximum absolute atomic E-state index is 11.9. The fourth-order valence-corrected chi connectivity index (χ4v) is 2.62. The van der Waals surface area contributed by atoms with Gasteiger partial charge in [0, 0.05) is 11.5 Å². The summed E-state index contributed by atoms with van der Waals surface area (Å²) in [6.45, 7) is 4.31. The lowest BCUT2D eigenvalue weighted by Crippen LogP contribution is -2.11. The first-order valence-corrected chi connectivity index (χ1v) is 8.96. The van der Waals surface area contributed by atoms with E-state index in [2.05, 4.69) is 4.98 Å². The SMILES string of the molecule is CCC(C)Oc1cc(OCc2ccc3ccccc3n2)cc(C(=O)OC)c1. The minimum Gasteiger partial charge on any atom is -0.491 e. The van der Waals surface area contributed by atoms with Crippen LogP contribution in [0.2, 0.25) is 0 Å². The van der Waals surface area contributed by atoms with Crippen LogP contribution in [0, 0.1) is 0 Å². The molecule has 1 heterocycles. The van der Waals surface area contributed by atoms with Crippen LogP contribution < -0.4 is 9.47 Å². The largest absolute Gasteiger partial charge is 0.491 e. The van der Waals surface area contributed by atoms with Crippen molar-refractivity contribution in [3.8, 4) is 11.5 Å². The summed E-state index contributed by atoms with van der Waals surface area (Å²) in [5.74, 6) is 0.679. The number of hydrogen-bond acceptors (Lipinski definition) is 5. The van der Waals surface area contributed by atoms with E-state index in [0.29, 0.717) is 17.1 Å². The van der Waals surface area contributed by atoms with Crippen LogP contribution in [-0.4, -0.2) is 24.2 Å². The van der Waals surface area contributed by atoms with Gasteiger partial charge in [-0.05, 0) is 37.6 Å². The molecule has 27 heavy (non-hydrogen) atoms. The molecule has 2 aromatic carbocycles. The third-order valence-electron chi connectivity index (χ3n) is 4.26. The highest BCUT2D eigenvalue weighted by Gasteiger charge is 2.12. The Morgan fingerprint density at radius 2 is 1.85 bits per heavy atom. The van der Waals surface area contributed by atoms with Gasteiger partial charge in [0.25, 0.3) is 0 Å². The number of esters is 1. The molecule has 140 valence electrons. The highest BCUT2D eigenvalue weighted by molar-refractivity contribution is 5.90. The Morgan fingerprint density at radius 1 is 1.07 bits per heavy atom. The molecule has 0 aliphatic heterocycles. The van der Waals surface area contributed by atoms with E-state index in [0.717, 1.165) is 23.0 Å². The summed E-state index contributed by atoms with van der Waals surface area (Å²) in [5.41, 5.74) is 2.11. The number of nitrogens with zero attached hydrogens (tertiary/aromatic N) is 1. The quantitative estimate of drug-likeness (QED) is 0.564. The van der Waals surface area contributed by atoms with E-state index in [9.17, 15) is 4.79 Å². The zero-order valence-electron chi connectivity index (χ0n) is 15.8. The second-order valence-electron chi connectivity index (χ2n) is 6.31. The van der Waals surface area contributed by atoms with Crippen molar-refractivity contribution in [1.29, 1.82) is 0 Å². The number of pyridine rings is 1. The molecular weight excluding hydrogens is 342 g/mol. The summed E-state index contributed by atoms with van der Waals surface area (Å²) in [6, 6.07) is 17.0. The zero-order chi connectivity index (χ0) is 19.2. The van der Waals surface area contributed by atoms with Crippen LogP contribution in [0.15, 0.2) is 54.6 Å². The number of para-hydroxylation sites is 1. The third kappa shape index (κ3) is 4.76. The molecule has 0 bridgehead atoms. The normalized spacial score (nSPS) is 11.8. The van der Waals surface area contributed by atoms with Crippen LogP contribution >= 0.6 is 0 Å². The maximum Gasteiger partial charge on any atom is 0.338 e. The molecule has 1 unspecified atom stereocenters. The molecule has 5 nitrogen and oxygen atoms in total. The summed E-state index contributed by atoms with van der Waals surface area (Å²) in [6.07, 6.45) is 0.896. The Kier molecular flexibility index (Phi) is 5.91. The number of rotatable bonds is 7. The summed E-state index contributed by atoms with van der Waals surface area (Å²) in [4.78, 5) is 16.5. The first-order chi connectivity index (χ1) is 13.1. The van der Waals surface area contributed by atoms with Crippen molar-refractivity contribution in [2.45, 2.75) is 33.0 Å². The van der Waals surface area contributed by atoms with Gasteiger partial charge >= 0.3 is 5.97 Å².